The number of ether oxygens (including phenoxy) is 1. The van der Waals surface area contributed by atoms with Gasteiger partial charge in [-0.1, -0.05) is 23.4 Å². The molecule has 1 aromatic heterocycles. The van der Waals surface area contributed by atoms with Gasteiger partial charge in [0.05, 0.1) is 37.2 Å². The molecular weight excluding hydrogens is 322 g/mol. The number of nitrogens with one attached hydrogen (secondary N) is 1. The van der Waals surface area contributed by atoms with E-state index in [4.69, 9.17) is 4.74 Å². The van der Waals surface area contributed by atoms with Gasteiger partial charge in [0.2, 0.25) is 5.91 Å². The van der Waals surface area contributed by atoms with Crippen LogP contribution in [0.2, 0.25) is 0 Å². The van der Waals surface area contributed by atoms with Gasteiger partial charge in [0.15, 0.2) is 0 Å². The van der Waals surface area contributed by atoms with E-state index in [2.05, 4.69) is 15.6 Å². The minimum atomic E-state index is -0.247. The number of rotatable bonds is 3. The number of likely N-dealkylation sites (tertiary alicyclic amines) is 1. The van der Waals surface area contributed by atoms with Crippen molar-refractivity contribution in [1.29, 1.82) is 0 Å². The van der Waals surface area contributed by atoms with Crippen LogP contribution in [0.3, 0.4) is 0 Å². The molecule has 4 rings (SSSR count). The van der Waals surface area contributed by atoms with E-state index in [1.54, 1.807) is 35.4 Å². The van der Waals surface area contributed by atoms with Crippen LogP contribution in [0, 0.1) is 0 Å². The molecule has 3 heterocycles. The molecule has 1 saturated heterocycles. The molecule has 0 aliphatic carbocycles. The van der Waals surface area contributed by atoms with Crippen molar-refractivity contribution in [1.82, 2.24) is 25.2 Å². The van der Waals surface area contributed by atoms with E-state index in [1.165, 1.54) is 0 Å². The number of hydrogen-bond acceptors (Lipinski definition) is 5. The second-order valence-electron chi connectivity index (χ2n) is 6.26. The molecule has 0 unspecified atom stereocenters. The first-order valence-corrected chi connectivity index (χ1v) is 8.34. The predicted molar refractivity (Wildman–Crippen MR) is 87.6 cm³/mol. The molecule has 8 heteroatoms. The van der Waals surface area contributed by atoms with Crippen LogP contribution in [0.5, 0.6) is 0 Å². The average Bonchev–Trinajstić information content (AvgIpc) is 3.15. The summed E-state index contributed by atoms with van der Waals surface area (Å²) in [5, 5.41) is 10.7. The van der Waals surface area contributed by atoms with E-state index in [9.17, 15) is 9.59 Å². The number of nitrogens with zero attached hydrogens (tertiary/aromatic N) is 4. The molecule has 2 atom stereocenters. The van der Waals surface area contributed by atoms with Crippen LogP contribution >= 0.6 is 0 Å². The lowest BCUT2D eigenvalue weighted by molar-refractivity contribution is -0.136. The van der Waals surface area contributed by atoms with Gasteiger partial charge in [-0.15, -0.1) is 5.10 Å². The van der Waals surface area contributed by atoms with Crippen LogP contribution in [0.25, 0.3) is 0 Å². The molecule has 1 fully saturated rings. The summed E-state index contributed by atoms with van der Waals surface area (Å²) in [5.74, 6) is -0.349. The summed E-state index contributed by atoms with van der Waals surface area (Å²) in [4.78, 5) is 26.3. The first-order chi connectivity index (χ1) is 12.2. The summed E-state index contributed by atoms with van der Waals surface area (Å²) in [6, 6.07) is 8.85. The third-order valence-electron chi connectivity index (χ3n) is 4.72. The van der Waals surface area contributed by atoms with E-state index >= 15 is 0 Å². The van der Waals surface area contributed by atoms with E-state index in [-0.39, 0.29) is 30.5 Å². The lowest BCUT2D eigenvalue weighted by Gasteiger charge is -2.41. The average molecular weight is 341 g/mol. The molecule has 0 saturated carbocycles. The standard InChI is InChI=1S/C17H19N5O3/c23-16(9-18-17(24)12-4-2-1-3-5-12)21-7-6-15-14(10-21)22-13(11-25-15)8-19-20-22/h1-5,8,14-15H,6-7,9-11H2,(H,18,24)/t14-,15-/m0/s1. The Morgan fingerprint density at radius 1 is 1.28 bits per heavy atom. The maximum absolute atomic E-state index is 12.5. The van der Waals surface area contributed by atoms with Crippen molar-refractivity contribution in [3.05, 3.63) is 47.8 Å². The van der Waals surface area contributed by atoms with Crippen molar-refractivity contribution in [2.24, 2.45) is 0 Å². The zero-order valence-electron chi connectivity index (χ0n) is 13.7. The summed E-state index contributed by atoms with van der Waals surface area (Å²) in [5.41, 5.74) is 1.47. The van der Waals surface area contributed by atoms with Crippen molar-refractivity contribution in [3.63, 3.8) is 0 Å². The third kappa shape index (κ3) is 3.12. The molecule has 2 aliphatic heterocycles. The normalized spacial score (nSPS) is 22.0. The highest BCUT2D eigenvalue weighted by Gasteiger charge is 2.37. The number of carbonyl (C=O) groups is 2. The molecule has 8 nitrogen and oxygen atoms in total. The molecular formula is C17H19N5O3. The topological polar surface area (TPSA) is 89.3 Å². The third-order valence-corrected chi connectivity index (χ3v) is 4.72. The fourth-order valence-electron chi connectivity index (χ4n) is 3.36. The van der Waals surface area contributed by atoms with Crippen molar-refractivity contribution in [3.8, 4) is 0 Å². The Morgan fingerprint density at radius 3 is 2.96 bits per heavy atom. The van der Waals surface area contributed by atoms with Crippen LogP contribution < -0.4 is 5.32 Å². The maximum atomic E-state index is 12.5. The Morgan fingerprint density at radius 2 is 2.12 bits per heavy atom. The van der Waals surface area contributed by atoms with Gasteiger partial charge in [-0.3, -0.25) is 9.59 Å². The minimum Gasteiger partial charge on any atom is -0.370 e. The van der Waals surface area contributed by atoms with Crippen LogP contribution in [0.15, 0.2) is 36.5 Å². The molecule has 0 spiro atoms. The van der Waals surface area contributed by atoms with Crippen molar-refractivity contribution < 1.29 is 14.3 Å². The number of amides is 2. The second-order valence-corrected chi connectivity index (χ2v) is 6.26. The van der Waals surface area contributed by atoms with E-state index < -0.39 is 0 Å². The van der Waals surface area contributed by atoms with Crippen molar-refractivity contribution in [2.75, 3.05) is 19.6 Å². The molecule has 2 aliphatic rings. The summed E-state index contributed by atoms with van der Waals surface area (Å²) >= 11 is 0. The molecule has 25 heavy (non-hydrogen) atoms. The fraction of sp³-hybridized carbons (Fsp3) is 0.412. The van der Waals surface area contributed by atoms with Gasteiger partial charge < -0.3 is 15.0 Å². The molecule has 2 amide bonds. The Hall–Kier alpha value is -2.74. The van der Waals surface area contributed by atoms with Crippen LogP contribution in [-0.2, 0) is 16.1 Å². The number of benzene rings is 1. The highest BCUT2D eigenvalue weighted by atomic mass is 16.5. The quantitative estimate of drug-likeness (QED) is 0.872. The van der Waals surface area contributed by atoms with Crippen molar-refractivity contribution in [2.45, 2.75) is 25.2 Å². The van der Waals surface area contributed by atoms with E-state index in [1.807, 2.05) is 10.7 Å². The largest absolute Gasteiger partial charge is 0.370 e. The monoisotopic (exact) mass is 341 g/mol. The molecule has 130 valence electrons. The number of hydrogen-bond donors (Lipinski definition) is 1. The molecule has 1 aromatic carbocycles. The Balaban J connectivity index is 1.37. The van der Waals surface area contributed by atoms with Crippen molar-refractivity contribution >= 4 is 11.8 Å². The first-order valence-electron chi connectivity index (χ1n) is 8.34. The molecule has 0 bridgehead atoms. The SMILES string of the molecule is O=C(NCC(=O)N1CC[C@@H]2OCc3cnnn3[C@H]2C1)c1ccccc1. The minimum absolute atomic E-state index is 0.0177. The summed E-state index contributed by atoms with van der Waals surface area (Å²) in [7, 11) is 0. The molecule has 0 radical (unpaired) electrons. The summed E-state index contributed by atoms with van der Waals surface area (Å²) < 4.78 is 7.70. The second kappa shape index (κ2) is 6.64. The molecule has 2 aromatic rings. The van der Waals surface area contributed by atoms with Gasteiger partial charge in [-0.25, -0.2) is 4.68 Å². The first kappa shape index (κ1) is 15.8. The Kier molecular flexibility index (Phi) is 4.19. The van der Waals surface area contributed by atoms with E-state index in [0.29, 0.717) is 25.3 Å². The van der Waals surface area contributed by atoms with Gasteiger partial charge >= 0.3 is 0 Å². The molecule has 1 N–H and O–H groups in total. The van der Waals surface area contributed by atoms with Crippen LogP contribution in [0.1, 0.15) is 28.5 Å². The number of piperidine rings is 1. The summed E-state index contributed by atoms with van der Waals surface area (Å²) in [6.45, 7) is 1.62. The van der Waals surface area contributed by atoms with Gasteiger partial charge in [-0.05, 0) is 18.6 Å². The lowest BCUT2D eigenvalue weighted by atomic mass is 10.0. The van der Waals surface area contributed by atoms with E-state index in [0.717, 1.165) is 12.1 Å². The van der Waals surface area contributed by atoms with Gasteiger partial charge in [-0.2, -0.15) is 0 Å². The highest BCUT2D eigenvalue weighted by molar-refractivity contribution is 5.96. The van der Waals surface area contributed by atoms with Crippen LogP contribution in [-0.4, -0.2) is 57.4 Å². The predicted octanol–water partition coefficient (Wildman–Crippen LogP) is 0.380. The lowest BCUT2D eigenvalue weighted by Crippen LogP contribution is -2.51. The fourth-order valence-corrected chi connectivity index (χ4v) is 3.36. The smallest absolute Gasteiger partial charge is 0.251 e. The Labute approximate surface area is 144 Å². The van der Waals surface area contributed by atoms with Gasteiger partial charge in [0.25, 0.3) is 5.91 Å². The summed E-state index contributed by atoms with van der Waals surface area (Å²) in [6.07, 6.45) is 2.50. The Bertz CT molecular complexity index is 776. The van der Waals surface area contributed by atoms with Crippen LogP contribution in [0.4, 0.5) is 0 Å². The van der Waals surface area contributed by atoms with Gasteiger partial charge in [0, 0.05) is 18.7 Å². The number of fused-ring (bicyclic) bond motifs is 3. The zero-order valence-corrected chi connectivity index (χ0v) is 13.7. The maximum Gasteiger partial charge on any atom is 0.251 e. The number of aromatic nitrogens is 3. The van der Waals surface area contributed by atoms with Gasteiger partial charge in [0.1, 0.15) is 0 Å². The highest BCUT2D eigenvalue weighted by Crippen LogP contribution is 2.29. The number of carbonyl (C=O) groups excluding carboxylic acids is 2. The zero-order chi connectivity index (χ0) is 17.2.